The van der Waals surface area contributed by atoms with Crippen molar-refractivity contribution in [3.05, 3.63) is 0 Å². The summed E-state index contributed by atoms with van der Waals surface area (Å²) in [5, 5.41) is 17.7. The van der Waals surface area contributed by atoms with Gasteiger partial charge in [-0.05, 0) is 34.1 Å². The summed E-state index contributed by atoms with van der Waals surface area (Å²) < 4.78 is 0. The molecule has 0 spiro atoms. The summed E-state index contributed by atoms with van der Waals surface area (Å²) in [7, 11) is 0. The van der Waals surface area contributed by atoms with E-state index in [2.05, 4.69) is 0 Å². The molecule has 0 rings (SSSR count). The first-order valence-electron chi connectivity index (χ1n) is 4.43. The molecular formula is C9H19NO3. The van der Waals surface area contributed by atoms with Crippen molar-refractivity contribution in [2.75, 3.05) is 6.61 Å². The Morgan fingerprint density at radius 3 is 2.15 bits per heavy atom. The number of amides is 1. The van der Waals surface area contributed by atoms with Crippen LogP contribution >= 0.6 is 0 Å². The predicted molar refractivity (Wildman–Crippen MR) is 50.8 cm³/mol. The molecule has 2 N–H and O–H groups in total. The minimum absolute atomic E-state index is 0.0149. The van der Waals surface area contributed by atoms with Crippen LogP contribution in [0.5, 0.6) is 0 Å². The highest BCUT2D eigenvalue weighted by Gasteiger charge is 2.30. The Labute approximate surface area is 79.2 Å². The summed E-state index contributed by atoms with van der Waals surface area (Å²) in [6.07, 6.45) is -0.461. The molecule has 13 heavy (non-hydrogen) atoms. The molecule has 0 aliphatic carbocycles. The fourth-order valence-electron chi connectivity index (χ4n) is 1.45. The normalized spacial score (nSPS) is 13.9. The van der Waals surface area contributed by atoms with Crippen molar-refractivity contribution in [1.82, 2.24) is 4.90 Å². The molecule has 4 heteroatoms. The Morgan fingerprint density at radius 2 is 1.92 bits per heavy atom. The minimum atomic E-state index is -0.937. The van der Waals surface area contributed by atoms with Gasteiger partial charge in [-0.1, -0.05) is 0 Å². The van der Waals surface area contributed by atoms with Gasteiger partial charge in [-0.25, -0.2) is 4.79 Å². The summed E-state index contributed by atoms with van der Waals surface area (Å²) in [6, 6.07) is -0.150. The Bertz CT molecular complexity index is 174. The SMILES string of the molecule is C[C@@H](CCO)N(C(=O)O)C(C)(C)C. The molecule has 0 aromatic carbocycles. The molecule has 0 saturated carbocycles. The molecule has 0 heterocycles. The van der Waals surface area contributed by atoms with E-state index < -0.39 is 11.6 Å². The van der Waals surface area contributed by atoms with E-state index >= 15 is 0 Å². The lowest BCUT2D eigenvalue weighted by Gasteiger charge is -2.37. The zero-order chi connectivity index (χ0) is 10.6. The molecule has 0 aromatic rings. The highest BCUT2D eigenvalue weighted by Crippen LogP contribution is 2.18. The van der Waals surface area contributed by atoms with Crippen molar-refractivity contribution in [2.24, 2.45) is 0 Å². The van der Waals surface area contributed by atoms with Gasteiger partial charge >= 0.3 is 6.09 Å². The number of carbonyl (C=O) groups is 1. The van der Waals surface area contributed by atoms with Gasteiger partial charge < -0.3 is 15.1 Å². The van der Waals surface area contributed by atoms with Gasteiger partial charge in [0.25, 0.3) is 0 Å². The summed E-state index contributed by atoms with van der Waals surface area (Å²) >= 11 is 0. The highest BCUT2D eigenvalue weighted by molar-refractivity contribution is 5.66. The molecule has 0 unspecified atom stereocenters. The summed E-state index contributed by atoms with van der Waals surface area (Å²) in [6.45, 7) is 7.34. The summed E-state index contributed by atoms with van der Waals surface area (Å²) in [5.41, 5.74) is -0.416. The first-order chi connectivity index (χ1) is 5.80. The second-order valence-corrected chi connectivity index (χ2v) is 4.18. The van der Waals surface area contributed by atoms with Gasteiger partial charge in [0.15, 0.2) is 0 Å². The standard InChI is InChI=1S/C9H19NO3/c1-7(5-6-11)10(8(12)13)9(2,3)4/h7,11H,5-6H2,1-4H3,(H,12,13)/t7-/m0/s1. The molecule has 1 atom stereocenters. The molecule has 1 amide bonds. The number of aliphatic hydroxyl groups is 1. The average molecular weight is 189 g/mol. The third-order valence-corrected chi connectivity index (χ3v) is 1.92. The van der Waals surface area contributed by atoms with E-state index in [1.165, 1.54) is 4.90 Å². The van der Waals surface area contributed by atoms with Gasteiger partial charge in [0.05, 0.1) is 0 Å². The van der Waals surface area contributed by atoms with Crippen LogP contribution in [0.2, 0.25) is 0 Å². The van der Waals surface area contributed by atoms with Crippen LogP contribution in [-0.2, 0) is 0 Å². The minimum Gasteiger partial charge on any atom is -0.465 e. The Hall–Kier alpha value is -0.770. The second-order valence-electron chi connectivity index (χ2n) is 4.18. The van der Waals surface area contributed by atoms with Crippen LogP contribution in [0, 0.1) is 0 Å². The van der Waals surface area contributed by atoms with Gasteiger partial charge in [0, 0.05) is 18.2 Å². The Kier molecular flexibility index (Phi) is 4.20. The number of hydrogen-bond acceptors (Lipinski definition) is 2. The van der Waals surface area contributed by atoms with E-state index in [0.717, 1.165) is 0 Å². The molecule has 0 saturated heterocycles. The lowest BCUT2D eigenvalue weighted by molar-refractivity contribution is 0.0668. The van der Waals surface area contributed by atoms with Gasteiger partial charge in [0.2, 0.25) is 0 Å². The van der Waals surface area contributed by atoms with Crippen molar-refractivity contribution >= 4 is 6.09 Å². The topological polar surface area (TPSA) is 60.8 Å². The van der Waals surface area contributed by atoms with Gasteiger partial charge in [-0.2, -0.15) is 0 Å². The van der Waals surface area contributed by atoms with Crippen molar-refractivity contribution in [2.45, 2.75) is 45.7 Å². The monoisotopic (exact) mass is 189 g/mol. The number of hydrogen-bond donors (Lipinski definition) is 2. The van der Waals surface area contributed by atoms with Gasteiger partial charge in [-0.3, -0.25) is 0 Å². The number of carboxylic acid groups (broad SMARTS) is 1. The van der Waals surface area contributed by atoms with E-state index in [-0.39, 0.29) is 12.6 Å². The number of aliphatic hydroxyl groups excluding tert-OH is 1. The maximum atomic E-state index is 10.9. The van der Waals surface area contributed by atoms with E-state index in [1.54, 1.807) is 6.92 Å². The van der Waals surface area contributed by atoms with Crippen LogP contribution in [0.25, 0.3) is 0 Å². The molecule has 0 fully saturated rings. The van der Waals surface area contributed by atoms with Gasteiger partial charge in [0.1, 0.15) is 0 Å². The molecule has 0 aliphatic rings. The fraction of sp³-hybridized carbons (Fsp3) is 0.889. The zero-order valence-corrected chi connectivity index (χ0v) is 8.74. The lowest BCUT2D eigenvalue weighted by atomic mass is 10.0. The van der Waals surface area contributed by atoms with Crippen molar-refractivity contribution in [3.8, 4) is 0 Å². The molecular weight excluding hydrogens is 170 g/mol. The highest BCUT2D eigenvalue weighted by atomic mass is 16.4. The maximum absolute atomic E-state index is 10.9. The van der Waals surface area contributed by atoms with Crippen LogP contribution in [0.4, 0.5) is 4.79 Å². The third-order valence-electron chi connectivity index (χ3n) is 1.92. The molecule has 0 aromatic heterocycles. The average Bonchev–Trinajstić information content (AvgIpc) is 1.82. The quantitative estimate of drug-likeness (QED) is 0.707. The maximum Gasteiger partial charge on any atom is 0.407 e. The summed E-state index contributed by atoms with van der Waals surface area (Å²) in [4.78, 5) is 12.3. The molecule has 0 aliphatic heterocycles. The first kappa shape index (κ1) is 12.2. The molecule has 0 radical (unpaired) electrons. The van der Waals surface area contributed by atoms with Crippen LogP contribution in [-0.4, -0.2) is 39.4 Å². The van der Waals surface area contributed by atoms with Crippen LogP contribution in [0.3, 0.4) is 0 Å². The largest absolute Gasteiger partial charge is 0.465 e. The zero-order valence-electron chi connectivity index (χ0n) is 8.74. The Balaban J connectivity index is 4.52. The second kappa shape index (κ2) is 4.46. The number of nitrogens with zero attached hydrogens (tertiary/aromatic N) is 1. The van der Waals surface area contributed by atoms with Crippen LogP contribution < -0.4 is 0 Å². The molecule has 4 nitrogen and oxygen atoms in total. The first-order valence-corrected chi connectivity index (χ1v) is 4.43. The van der Waals surface area contributed by atoms with Crippen LogP contribution in [0.15, 0.2) is 0 Å². The van der Waals surface area contributed by atoms with Crippen molar-refractivity contribution < 1.29 is 15.0 Å². The van der Waals surface area contributed by atoms with E-state index in [0.29, 0.717) is 6.42 Å². The van der Waals surface area contributed by atoms with E-state index in [1.807, 2.05) is 20.8 Å². The molecule has 78 valence electrons. The van der Waals surface area contributed by atoms with E-state index in [4.69, 9.17) is 10.2 Å². The Morgan fingerprint density at radius 1 is 1.46 bits per heavy atom. The third kappa shape index (κ3) is 3.63. The predicted octanol–water partition coefficient (Wildman–Crippen LogP) is 1.54. The van der Waals surface area contributed by atoms with Gasteiger partial charge in [-0.15, -0.1) is 0 Å². The summed E-state index contributed by atoms with van der Waals surface area (Å²) in [5.74, 6) is 0. The fourth-order valence-corrected chi connectivity index (χ4v) is 1.45. The van der Waals surface area contributed by atoms with Crippen molar-refractivity contribution in [1.29, 1.82) is 0 Å². The molecule has 0 bridgehead atoms. The van der Waals surface area contributed by atoms with Crippen LogP contribution in [0.1, 0.15) is 34.1 Å². The smallest absolute Gasteiger partial charge is 0.407 e. The van der Waals surface area contributed by atoms with Crippen molar-refractivity contribution in [3.63, 3.8) is 0 Å². The van der Waals surface area contributed by atoms with E-state index in [9.17, 15) is 4.79 Å². The lowest BCUT2D eigenvalue weighted by Crippen LogP contribution is -2.50. The number of rotatable bonds is 3.